The van der Waals surface area contributed by atoms with Crippen LogP contribution >= 0.6 is 0 Å². The average Bonchev–Trinajstić information content (AvgIpc) is 3.15. The molecule has 0 aliphatic rings. The van der Waals surface area contributed by atoms with Gasteiger partial charge in [0.15, 0.2) is 6.10 Å². The van der Waals surface area contributed by atoms with Crippen molar-refractivity contribution in [3.63, 3.8) is 0 Å². The van der Waals surface area contributed by atoms with Gasteiger partial charge in [-0.1, -0.05) is 227 Å². The van der Waals surface area contributed by atoms with Crippen molar-refractivity contribution in [1.82, 2.24) is 0 Å². The molecule has 0 amide bonds. The van der Waals surface area contributed by atoms with E-state index >= 15 is 0 Å². The first-order valence-electron chi connectivity index (χ1n) is 23.9. The molecule has 0 spiro atoms. The van der Waals surface area contributed by atoms with Gasteiger partial charge in [0.1, 0.15) is 13.2 Å². The highest BCUT2D eigenvalue weighted by molar-refractivity contribution is 5.71. The van der Waals surface area contributed by atoms with Gasteiger partial charge < -0.3 is 14.2 Å². The number of hydrogen-bond donors (Lipinski definition) is 0. The Kier molecular flexibility index (Phi) is 41.3. The molecular weight excluding hydrogens is 673 g/mol. The molecule has 0 fully saturated rings. The predicted octanol–water partition coefficient (Wildman–Crippen LogP) is 15.1. The van der Waals surface area contributed by atoms with Gasteiger partial charge in [0.25, 0.3) is 0 Å². The minimum Gasteiger partial charge on any atom is -0.462 e. The fraction of sp³-hybridized carbons (Fsp3) is 0.938. The van der Waals surface area contributed by atoms with Crippen LogP contribution in [-0.2, 0) is 28.6 Å². The van der Waals surface area contributed by atoms with Crippen molar-refractivity contribution >= 4 is 17.9 Å². The van der Waals surface area contributed by atoms with E-state index in [9.17, 15) is 14.4 Å². The van der Waals surface area contributed by atoms with Gasteiger partial charge in [-0.3, -0.25) is 14.4 Å². The molecule has 6 nitrogen and oxygen atoms in total. The summed E-state index contributed by atoms with van der Waals surface area (Å²) in [7, 11) is 0. The van der Waals surface area contributed by atoms with Crippen LogP contribution in [0.15, 0.2) is 0 Å². The third-order valence-corrected chi connectivity index (χ3v) is 10.8. The van der Waals surface area contributed by atoms with E-state index in [2.05, 4.69) is 27.7 Å². The maximum atomic E-state index is 12.7. The predicted molar refractivity (Wildman–Crippen MR) is 229 cm³/mol. The van der Waals surface area contributed by atoms with Gasteiger partial charge in [0, 0.05) is 19.3 Å². The van der Waals surface area contributed by atoms with Crippen LogP contribution in [0.25, 0.3) is 0 Å². The number of carbonyl (C=O) groups excluding carboxylic acids is 3. The van der Waals surface area contributed by atoms with E-state index in [0.717, 1.165) is 63.7 Å². The van der Waals surface area contributed by atoms with E-state index in [1.807, 2.05) is 0 Å². The molecular formula is C48H92O6. The molecule has 0 unspecified atom stereocenters. The molecule has 54 heavy (non-hydrogen) atoms. The van der Waals surface area contributed by atoms with E-state index < -0.39 is 6.10 Å². The second kappa shape index (κ2) is 42.6. The third kappa shape index (κ3) is 41.6. The summed E-state index contributed by atoms with van der Waals surface area (Å²) in [6.45, 7) is 8.96. The van der Waals surface area contributed by atoms with Gasteiger partial charge in [0.05, 0.1) is 0 Å². The summed E-state index contributed by atoms with van der Waals surface area (Å²) in [5, 5.41) is 0. The highest BCUT2D eigenvalue weighted by atomic mass is 16.6. The van der Waals surface area contributed by atoms with E-state index in [4.69, 9.17) is 14.2 Å². The minimum absolute atomic E-state index is 0.0638. The monoisotopic (exact) mass is 765 g/mol. The zero-order valence-electron chi connectivity index (χ0n) is 36.7. The lowest BCUT2D eigenvalue weighted by Gasteiger charge is -2.18. The molecule has 0 aromatic carbocycles. The van der Waals surface area contributed by atoms with Gasteiger partial charge >= 0.3 is 17.9 Å². The zero-order chi connectivity index (χ0) is 39.6. The normalized spacial score (nSPS) is 11.9. The summed E-state index contributed by atoms with van der Waals surface area (Å²) in [6, 6.07) is 0. The fourth-order valence-electron chi connectivity index (χ4n) is 7.16. The van der Waals surface area contributed by atoms with Crippen molar-refractivity contribution in [2.75, 3.05) is 13.2 Å². The minimum atomic E-state index is -0.759. The fourth-order valence-corrected chi connectivity index (χ4v) is 7.16. The first kappa shape index (κ1) is 52.4. The van der Waals surface area contributed by atoms with Crippen LogP contribution in [0.3, 0.4) is 0 Å². The summed E-state index contributed by atoms with van der Waals surface area (Å²) in [4.78, 5) is 37.7. The molecule has 0 radical (unpaired) electrons. The van der Waals surface area contributed by atoms with E-state index in [1.54, 1.807) is 0 Å². The molecule has 0 aromatic heterocycles. The van der Waals surface area contributed by atoms with Gasteiger partial charge in [-0.25, -0.2) is 0 Å². The second-order valence-corrected chi connectivity index (χ2v) is 16.9. The summed E-state index contributed by atoms with van der Waals surface area (Å²) >= 11 is 0. The molecule has 0 aromatic rings. The van der Waals surface area contributed by atoms with Crippen molar-refractivity contribution in [3.05, 3.63) is 0 Å². The Labute approximate surface area is 336 Å². The molecule has 0 aliphatic carbocycles. The third-order valence-electron chi connectivity index (χ3n) is 10.8. The Balaban J connectivity index is 4.29. The molecule has 0 saturated heterocycles. The average molecular weight is 765 g/mol. The lowest BCUT2D eigenvalue weighted by molar-refractivity contribution is -0.167. The van der Waals surface area contributed by atoms with E-state index in [0.29, 0.717) is 19.3 Å². The van der Waals surface area contributed by atoms with Crippen LogP contribution in [0.5, 0.6) is 0 Å². The Morgan fingerprint density at radius 1 is 0.352 bits per heavy atom. The van der Waals surface area contributed by atoms with Crippen molar-refractivity contribution < 1.29 is 28.6 Å². The number of unbranched alkanes of at least 4 members (excludes halogenated alkanes) is 30. The van der Waals surface area contributed by atoms with Gasteiger partial charge in [0.2, 0.25) is 0 Å². The van der Waals surface area contributed by atoms with Crippen LogP contribution in [-0.4, -0.2) is 37.2 Å². The maximum Gasteiger partial charge on any atom is 0.306 e. The molecule has 0 bridgehead atoms. The number of carbonyl (C=O) groups is 3. The Hall–Kier alpha value is -1.59. The Bertz CT molecular complexity index is 811. The number of hydrogen-bond acceptors (Lipinski definition) is 6. The zero-order valence-corrected chi connectivity index (χ0v) is 36.7. The maximum absolute atomic E-state index is 12.7. The number of ether oxygens (including phenoxy) is 3. The van der Waals surface area contributed by atoms with Crippen LogP contribution in [0.4, 0.5) is 0 Å². The summed E-state index contributed by atoms with van der Waals surface area (Å²) in [5.41, 5.74) is 0. The van der Waals surface area contributed by atoms with Crippen LogP contribution < -0.4 is 0 Å². The first-order chi connectivity index (χ1) is 26.4. The summed E-state index contributed by atoms with van der Waals surface area (Å²) in [5.74, 6) is -0.0602. The largest absolute Gasteiger partial charge is 0.462 e. The molecule has 0 N–H and O–H groups in total. The second-order valence-electron chi connectivity index (χ2n) is 16.9. The summed E-state index contributed by atoms with van der Waals surface area (Å²) < 4.78 is 16.7. The van der Waals surface area contributed by atoms with Crippen molar-refractivity contribution in [3.8, 4) is 0 Å². The van der Waals surface area contributed by atoms with Gasteiger partial charge in [-0.15, -0.1) is 0 Å². The lowest BCUT2D eigenvalue weighted by atomic mass is 10.0. The SMILES string of the molecule is CCCCCCCCCCCCCCCCCC(=O)OC[C@@H](COC(=O)CCCCCCCCCCCC)OC(=O)CCCCCCCCCCC(C)C. The van der Waals surface area contributed by atoms with Crippen molar-refractivity contribution in [2.24, 2.45) is 5.92 Å². The smallest absolute Gasteiger partial charge is 0.306 e. The van der Waals surface area contributed by atoms with Crippen molar-refractivity contribution in [1.29, 1.82) is 0 Å². The Morgan fingerprint density at radius 2 is 0.611 bits per heavy atom. The standard InChI is InChI=1S/C48H92O6/c1-5-7-9-11-13-15-17-18-19-20-21-23-28-32-36-40-47(50)53-43-45(42-52-46(49)39-35-31-27-22-16-14-12-10-8-6-2)54-48(51)41-37-33-29-25-24-26-30-34-38-44(3)4/h44-45H,5-43H2,1-4H3/t45-/m1/s1. The van der Waals surface area contributed by atoms with Gasteiger partial charge in [-0.2, -0.15) is 0 Å². The molecule has 320 valence electrons. The van der Waals surface area contributed by atoms with Crippen LogP contribution in [0.1, 0.15) is 265 Å². The van der Waals surface area contributed by atoms with Crippen molar-refractivity contribution in [2.45, 2.75) is 271 Å². The van der Waals surface area contributed by atoms with E-state index in [-0.39, 0.29) is 31.1 Å². The molecule has 0 saturated carbocycles. The first-order valence-corrected chi connectivity index (χ1v) is 23.9. The number of rotatable bonds is 43. The molecule has 1 atom stereocenters. The van der Waals surface area contributed by atoms with Gasteiger partial charge in [-0.05, 0) is 25.2 Å². The van der Waals surface area contributed by atoms with Crippen LogP contribution in [0, 0.1) is 5.92 Å². The van der Waals surface area contributed by atoms with E-state index in [1.165, 1.54) is 161 Å². The molecule has 0 heterocycles. The molecule has 6 heteroatoms. The molecule has 0 aliphatic heterocycles. The topological polar surface area (TPSA) is 78.9 Å². The Morgan fingerprint density at radius 3 is 0.907 bits per heavy atom. The highest BCUT2D eigenvalue weighted by Crippen LogP contribution is 2.16. The van der Waals surface area contributed by atoms with Crippen LogP contribution in [0.2, 0.25) is 0 Å². The molecule has 0 rings (SSSR count). The highest BCUT2D eigenvalue weighted by Gasteiger charge is 2.19. The lowest BCUT2D eigenvalue weighted by Crippen LogP contribution is -2.30. The quantitative estimate of drug-likeness (QED) is 0.0349. The number of esters is 3. The summed E-state index contributed by atoms with van der Waals surface area (Å²) in [6.07, 6.45) is 42.3.